The highest BCUT2D eigenvalue weighted by Gasteiger charge is 2.25. The van der Waals surface area contributed by atoms with Crippen LogP contribution in [0.25, 0.3) is 0 Å². The minimum Gasteiger partial charge on any atom is -0.385 e. The van der Waals surface area contributed by atoms with E-state index in [4.69, 9.17) is 4.74 Å². The summed E-state index contributed by atoms with van der Waals surface area (Å²) in [7, 11) is 1.81. The summed E-state index contributed by atoms with van der Waals surface area (Å²) in [6, 6.07) is 0.843. The van der Waals surface area contributed by atoms with Crippen molar-refractivity contribution < 1.29 is 4.74 Å². The zero-order chi connectivity index (χ0) is 11.9. The third kappa shape index (κ3) is 4.66. The van der Waals surface area contributed by atoms with Crippen molar-refractivity contribution >= 4 is 23.5 Å². The van der Waals surface area contributed by atoms with E-state index in [0.29, 0.717) is 0 Å². The van der Waals surface area contributed by atoms with Gasteiger partial charge in [-0.3, -0.25) is 4.90 Å². The third-order valence-electron chi connectivity index (χ3n) is 3.89. The standard InChI is InChI=1S/C13H25NOS2/c1-15-7-4-12-2-5-14(6-3-12)13-10-16-8-9-17-11-13/h12-13H,2-11H2,1H3. The van der Waals surface area contributed by atoms with E-state index in [9.17, 15) is 0 Å². The van der Waals surface area contributed by atoms with E-state index in [1.165, 1.54) is 55.4 Å². The molecular weight excluding hydrogens is 250 g/mol. The van der Waals surface area contributed by atoms with Crippen LogP contribution >= 0.6 is 23.5 Å². The van der Waals surface area contributed by atoms with Gasteiger partial charge in [-0.1, -0.05) is 0 Å². The second kappa shape index (κ2) is 7.93. The minimum atomic E-state index is 0.843. The highest BCUT2D eigenvalue weighted by Crippen LogP contribution is 2.26. The predicted octanol–water partition coefficient (Wildman–Crippen LogP) is 2.58. The lowest BCUT2D eigenvalue weighted by Gasteiger charge is -2.37. The van der Waals surface area contributed by atoms with Crippen LogP contribution in [0.2, 0.25) is 0 Å². The first-order valence-corrected chi connectivity index (χ1v) is 9.09. The molecule has 2 fully saturated rings. The second-order valence-electron chi connectivity index (χ2n) is 5.06. The average Bonchev–Trinajstić information content (AvgIpc) is 2.66. The van der Waals surface area contributed by atoms with Crippen LogP contribution in [0.4, 0.5) is 0 Å². The van der Waals surface area contributed by atoms with Crippen molar-refractivity contribution in [2.75, 3.05) is 49.8 Å². The molecule has 0 aromatic carbocycles. The maximum atomic E-state index is 5.18. The van der Waals surface area contributed by atoms with Crippen molar-refractivity contribution in [3.63, 3.8) is 0 Å². The highest BCUT2D eigenvalue weighted by atomic mass is 32.2. The van der Waals surface area contributed by atoms with Gasteiger partial charge in [0, 0.05) is 42.8 Å². The predicted molar refractivity (Wildman–Crippen MR) is 79.2 cm³/mol. The zero-order valence-electron chi connectivity index (χ0n) is 10.9. The summed E-state index contributed by atoms with van der Waals surface area (Å²) in [5.74, 6) is 6.33. The Labute approximate surface area is 114 Å². The highest BCUT2D eigenvalue weighted by molar-refractivity contribution is 8.03. The molecule has 0 amide bonds. The number of rotatable bonds is 4. The maximum Gasteiger partial charge on any atom is 0.0464 e. The molecule has 2 nitrogen and oxygen atoms in total. The fourth-order valence-corrected chi connectivity index (χ4v) is 5.33. The van der Waals surface area contributed by atoms with E-state index >= 15 is 0 Å². The van der Waals surface area contributed by atoms with Gasteiger partial charge in [0.2, 0.25) is 0 Å². The molecule has 2 aliphatic rings. The molecule has 0 aromatic rings. The molecule has 2 aliphatic heterocycles. The van der Waals surface area contributed by atoms with Gasteiger partial charge in [-0.15, -0.1) is 0 Å². The molecule has 2 saturated heterocycles. The molecule has 4 heteroatoms. The maximum absolute atomic E-state index is 5.18. The van der Waals surface area contributed by atoms with Crippen LogP contribution in [0.1, 0.15) is 19.3 Å². The molecule has 17 heavy (non-hydrogen) atoms. The Balaban J connectivity index is 1.70. The Bertz CT molecular complexity index is 200. The third-order valence-corrected chi connectivity index (χ3v) is 6.37. The smallest absolute Gasteiger partial charge is 0.0464 e. The Kier molecular flexibility index (Phi) is 6.54. The zero-order valence-corrected chi connectivity index (χ0v) is 12.5. The summed E-state index contributed by atoms with van der Waals surface area (Å²) in [6.45, 7) is 3.58. The minimum absolute atomic E-state index is 0.843. The van der Waals surface area contributed by atoms with Gasteiger partial charge in [-0.25, -0.2) is 0 Å². The van der Waals surface area contributed by atoms with E-state index in [1.807, 2.05) is 7.11 Å². The molecule has 0 unspecified atom stereocenters. The fraction of sp³-hybridized carbons (Fsp3) is 1.00. The lowest BCUT2D eigenvalue weighted by Crippen LogP contribution is -2.44. The Morgan fingerprint density at radius 3 is 2.35 bits per heavy atom. The first-order chi connectivity index (χ1) is 8.40. The SMILES string of the molecule is COCCC1CCN(C2CSCCSC2)CC1. The van der Waals surface area contributed by atoms with Gasteiger partial charge < -0.3 is 4.74 Å². The molecule has 0 bridgehead atoms. The van der Waals surface area contributed by atoms with Crippen LogP contribution in [0.15, 0.2) is 0 Å². The van der Waals surface area contributed by atoms with Crippen LogP contribution in [0, 0.1) is 5.92 Å². The Morgan fingerprint density at radius 1 is 1.12 bits per heavy atom. The number of methoxy groups -OCH3 is 1. The van der Waals surface area contributed by atoms with Crippen molar-refractivity contribution in [1.82, 2.24) is 4.90 Å². The number of piperidine rings is 1. The van der Waals surface area contributed by atoms with Crippen molar-refractivity contribution in [3.05, 3.63) is 0 Å². The number of thioether (sulfide) groups is 2. The molecule has 0 aromatic heterocycles. The number of nitrogens with zero attached hydrogens (tertiary/aromatic N) is 1. The second-order valence-corrected chi connectivity index (χ2v) is 7.36. The Morgan fingerprint density at radius 2 is 1.76 bits per heavy atom. The average molecular weight is 275 g/mol. The largest absolute Gasteiger partial charge is 0.385 e. The summed E-state index contributed by atoms with van der Waals surface area (Å²) >= 11 is 4.30. The summed E-state index contributed by atoms with van der Waals surface area (Å²) in [5, 5.41) is 0. The Hall–Kier alpha value is 0.620. The summed E-state index contributed by atoms with van der Waals surface area (Å²) < 4.78 is 5.18. The van der Waals surface area contributed by atoms with Gasteiger partial charge in [-0.05, 0) is 38.3 Å². The molecule has 0 N–H and O–H groups in total. The van der Waals surface area contributed by atoms with Gasteiger partial charge >= 0.3 is 0 Å². The first kappa shape index (κ1) is 14.0. The first-order valence-electron chi connectivity index (χ1n) is 6.78. The normalized spacial score (nSPS) is 25.9. The molecule has 100 valence electrons. The number of hydrogen-bond acceptors (Lipinski definition) is 4. The summed E-state index contributed by atoms with van der Waals surface area (Å²) in [6.07, 6.45) is 4.03. The number of likely N-dealkylation sites (tertiary alicyclic amines) is 1. The molecule has 0 saturated carbocycles. The van der Waals surface area contributed by atoms with E-state index in [2.05, 4.69) is 28.4 Å². The molecular formula is C13H25NOS2. The van der Waals surface area contributed by atoms with Gasteiger partial charge in [0.1, 0.15) is 0 Å². The lowest BCUT2D eigenvalue weighted by molar-refractivity contribution is 0.121. The van der Waals surface area contributed by atoms with Crippen LogP contribution in [0.5, 0.6) is 0 Å². The molecule has 2 heterocycles. The van der Waals surface area contributed by atoms with E-state index in [1.54, 1.807) is 0 Å². The quantitative estimate of drug-likeness (QED) is 0.781. The van der Waals surface area contributed by atoms with Crippen molar-refractivity contribution in [2.45, 2.75) is 25.3 Å². The van der Waals surface area contributed by atoms with E-state index in [-0.39, 0.29) is 0 Å². The van der Waals surface area contributed by atoms with Crippen LogP contribution in [0.3, 0.4) is 0 Å². The molecule has 0 aliphatic carbocycles. The van der Waals surface area contributed by atoms with Crippen molar-refractivity contribution in [1.29, 1.82) is 0 Å². The molecule has 0 spiro atoms. The van der Waals surface area contributed by atoms with Crippen molar-refractivity contribution in [3.8, 4) is 0 Å². The molecule has 0 atom stereocenters. The monoisotopic (exact) mass is 275 g/mol. The van der Waals surface area contributed by atoms with Crippen LogP contribution < -0.4 is 0 Å². The summed E-state index contributed by atoms with van der Waals surface area (Å²) in [5.41, 5.74) is 0. The number of hydrogen-bond donors (Lipinski definition) is 0. The van der Waals surface area contributed by atoms with Gasteiger partial charge in [-0.2, -0.15) is 23.5 Å². The molecule has 2 rings (SSSR count). The van der Waals surface area contributed by atoms with Gasteiger partial charge in [0.15, 0.2) is 0 Å². The molecule has 0 radical (unpaired) electrons. The van der Waals surface area contributed by atoms with Gasteiger partial charge in [0.05, 0.1) is 0 Å². The van der Waals surface area contributed by atoms with Crippen molar-refractivity contribution in [2.24, 2.45) is 5.92 Å². The van der Waals surface area contributed by atoms with Gasteiger partial charge in [0.25, 0.3) is 0 Å². The van der Waals surface area contributed by atoms with E-state index < -0.39 is 0 Å². The fourth-order valence-electron chi connectivity index (χ4n) is 2.71. The lowest BCUT2D eigenvalue weighted by atomic mass is 9.93. The van der Waals surface area contributed by atoms with E-state index in [0.717, 1.165) is 18.6 Å². The number of ether oxygens (including phenoxy) is 1. The topological polar surface area (TPSA) is 12.5 Å². The van der Waals surface area contributed by atoms with Crippen LogP contribution in [-0.4, -0.2) is 60.8 Å². The summed E-state index contributed by atoms with van der Waals surface area (Å²) in [4.78, 5) is 2.74. The van der Waals surface area contributed by atoms with Crippen LogP contribution in [-0.2, 0) is 4.74 Å².